The molecule has 2 aromatic rings. The molecule has 0 bridgehead atoms. The molecule has 1 aromatic heterocycles. The van der Waals surface area contributed by atoms with E-state index < -0.39 is 15.3 Å². The van der Waals surface area contributed by atoms with Crippen molar-refractivity contribution in [2.45, 2.75) is 32.6 Å². The number of nitrogens with zero attached hydrogens (tertiary/aromatic N) is 1. The van der Waals surface area contributed by atoms with Gasteiger partial charge in [-0.1, -0.05) is 30.3 Å². The van der Waals surface area contributed by atoms with Gasteiger partial charge in [-0.2, -0.15) is 0 Å². The van der Waals surface area contributed by atoms with Gasteiger partial charge in [0.25, 0.3) is 0 Å². The fourth-order valence-electron chi connectivity index (χ4n) is 1.63. The van der Waals surface area contributed by atoms with E-state index in [0.29, 0.717) is 6.54 Å². The molecule has 2 rings (SSSR count). The largest absolute Gasteiger partial charge is 0.241 e. The SMILES string of the molecule is Cc1nc(-c2ccccc2)sc1CNS(=O)(=O)C(C)C. The smallest absolute Gasteiger partial charge is 0.214 e. The second-order valence-corrected chi connectivity index (χ2v) is 8.21. The molecule has 20 heavy (non-hydrogen) atoms. The van der Waals surface area contributed by atoms with E-state index in [1.807, 2.05) is 37.3 Å². The number of aromatic nitrogens is 1. The van der Waals surface area contributed by atoms with Crippen molar-refractivity contribution in [1.82, 2.24) is 9.71 Å². The molecule has 4 nitrogen and oxygen atoms in total. The van der Waals surface area contributed by atoms with Crippen LogP contribution in [0.1, 0.15) is 24.4 Å². The summed E-state index contributed by atoms with van der Waals surface area (Å²) >= 11 is 1.53. The molecule has 0 amide bonds. The van der Waals surface area contributed by atoms with Crippen LogP contribution >= 0.6 is 11.3 Å². The van der Waals surface area contributed by atoms with Crippen LogP contribution < -0.4 is 4.72 Å². The number of hydrogen-bond donors (Lipinski definition) is 1. The number of benzene rings is 1. The molecule has 1 aromatic carbocycles. The first kappa shape index (κ1) is 15.2. The first-order valence-corrected chi connectivity index (χ1v) is 8.76. The number of thiazole rings is 1. The Balaban J connectivity index is 2.17. The number of sulfonamides is 1. The molecule has 0 aliphatic heterocycles. The van der Waals surface area contributed by atoms with Crippen molar-refractivity contribution in [3.05, 3.63) is 40.9 Å². The predicted octanol–water partition coefficient (Wildman–Crippen LogP) is 2.95. The minimum Gasteiger partial charge on any atom is -0.241 e. The van der Waals surface area contributed by atoms with Gasteiger partial charge in [0.05, 0.1) is 10.9 Å². The average Bonchev–Trinajstić information content (AvgIpc) is 2.79. The summed E-state index contributed by atoms with van der Waals surface area (Å²) in [6, 6.07) is 9.89. The third-order valence-corrected chi connectivity index (χ3v) is 5.96. The van der Waals surface area contributed by atoms with E-state index in [1.165, 1.54) is 11.3 Å². The quantitative estimate of drug-likeness (QED) is 0.923. The summed E-state index contributed by atoms with van der Waals surface area (Å²) in [5, 5.41) is 0.492. The topological polar surface area (TPSA) is 59.1 Å². The Bertz CT molecular complexity index is 676. The van der Waals surface area contributed by atoms with Crippen molar-refractivity contribution >= 4 is 21.4 Å². The fourth-order valence-corrected chi connectivity index (χ4v) is 3.41. The standard InChI is InChI=1S/C14H18N2O2S2/c1-10(2)20(17,18)15-9-13-11(3)16-14(19-13)12-7-5-4-6-8-12/h4-8,10,15H,9H2,1-3H3. The van der Waals surface area contributed by atoms with Gasteiger partial charge in [-0.25, -0.2) is 18.1 Å². The highest BCUT2D eigenvalue weighted by atomic mass is 32.2. The molecule has 1 N–H and O–H groups in total. The minimum atomic E-state index is -3.24. The summed E-state index contributed by atoms with van der Waals surface area (Å²) in [6.07, 6.45) is 0. The Labute approximate surface area is 123 Å². The van der Waals surface area contributed by atoms with Crippen LogP contribution in [0.25, 0.3) is 10.6 Å². The number of nitrogens with one attached hydrogen (secondary N) is 1. The molecule has 0 radical (unpaired) electrons. The molecule has 0 aliphatic rings. The van der Waals surface area contributed by atoms with Gasteiger partial charge in [0.1, 0.15) is 5.01 Å². The first-order chi connectivity index (χ1) is 9.40. The summed E-state index contributed by atoms with van der Waals surface area (Å²) in [5.74, 6) is 0. The molecule has 0 fully saturated rings. The molecule has 0 atom stereocenters. The maximum Gasteiger partial charge on any atom is 0.214 e. The number of hydrogen-bond acceptors (Lipinski definition) is 4. The summed E-state index contributed by atoms with van der Waals surface area (Å²) in [5.41, 5.74) is 1.93. The maximum absolute atomic E-state index is 11.8. The summed E-state index contributed by atoms with van der Waals surface area (Å²) in [7, 11) is -3.24. The average molecular weight is 310 g/mol. The second-order valence-electron chi connectivity index (χ2n) is 4.81. The molecule has 0 saturated carbocycles. The molecular formula is C14H18N2O2S2. The van der Waals surface area contributed by atoms with Crippen molar-refractivity contribution < 1.29 is 8.42 Å². The lowest BCUT2D eigenvalue weighted by atomic mass is 10.2. The van der Waals surface area contributed by atoms with Crippen LogP contribution in [0.15, 0.2) is 30.3 Å². The van der Waals surface area contributed by atoms with Gasteiger partial charge in [-0.15, -0.1) is 11.3 Å². The van der Waals surface area contributed by atoms with Gasteiger partial charge in [-0.3, -0.25) is 0 Å². The fraction of sp³-hybridized carbons (Fsp3) is 0.357. The van der Waals surface area contributed by atoms with Gasteiger partial charge < -0.3 is 0 Å². The summed E-state index contributed by atoms with van der Waals surface area (Å²) < 4.78 is 26.2. The highest BCUT2D eigenvalue weighted by Crippen LogP contribution is 2.27. The van der Waals surface area contributed by atoms with E-state index in [9.17, 15) is 8.42 Å². The van der Waals surface area contributed by atoms with Gasteiger partial charge in [0.15, 0.2) is 0 Å². The highest BCUT2D eigenvalue weighted by Gasteiger charge is 2.17. The van der Waals surface area contributed by atoms with E-state index >= 15 is 0 Å². The van der Waals surface area contributed by atoms with Crippen molar-refractivity contribution in [1.29, 1.82) is 0 Å². The summed E-state index contributed by atoms with van der Waals surface area (Å²) in [4.78, 5) is 5.46. The predicted molar refractivity (Wildman–Crippen MR) is 83.2 cm³/mol. The van der Waals surface area contributed by atoms with Gasteiger partial charge in [-0.05, 0) is 20.8 Å². The van der Waals surface area contributed by atoms with Gasteiger partial charge in [0.2, 0.25) is 10.0 Å². The molecular weight excluding hydrogens is 292 g/mol. The van der Waals surface area contributed by atoms with Crippen LogP contribution in [0.5, 0.6) is 0 Å². The lowest BCUT2D eigenvalue weighted by Crippen LogP contribution is -2.30. The van der Waals surface area contributed by atoms with Crippen molar-refractivity contribution in [2.24, 2.45) is 0 Å². The van der Waals surface area contributed by atoms with E-state index in [0.717, 1.165) is 21.1 Å². The van der Waals surface area contributed by atoms with Crippen molar-refractivity contribution in [3.8, 4) is 10.6 Å². The van der Waals surface area contributed by atoms with Crippen LogP contribution in [-0.4, -0.2) is 18.7 Å². The number of aryl methyl sites for hydroxylation is 1. The van der Waals surface area contributed by atoms with E-state index in [4.69, 9.17) is 0 Å². The third kappa shape index (κ3) is 3.45. The van der Waals surface area contributed by atoms with Crippen molar-refractivity contribution in [2.75, 3.05) is 0 Å². The lowest BCUT2D eigenvalue weighted by Gasteiger charge is -2.08. The molecule has 6 heteroatoms. The van der Waals surface area contributed by atoms with Crippen molar-refractivity contribution in [3.63, 3.8) is 0 Å². The zero-order valence-electron chi connectivity index (χ0n) is 11.8. The number of rotatable bonds is 5. The Hall–Kier alpha value is -1.24. The second kappa shape index (κ2) is 6.03. The molecule has 0 unspecified atom stereocenters. The molecule has 108 valence electrons. The molecule has 0 spiro atoms. The third-order valence-electron chi connectivity index (χ3n) is 2.97. The minimum absolute atomic E-state index is 0.302. The molecule has 1 heterocycles. The Morgan fingerprint density at radius 3 is 2.50 bits per heavy atom. The Morgan fingerprint density at radius 1 is 1.25 bits per heavy atom. The molecule has 0 saturated heterocycles. The normalized spacial score (nSPS) is 12.0. The van der Waals surface area contributed by atoms with E-state index in [1.54, 1.807) is 13.8 Å². The Kier molecular flexibility index (Phi) is 4.57. The zero-order chi connectivity index (χ0) is 14.8. The lowest BCUT2D eigenvalue weighted by molar-refractivity contribution is 0.572. The van der Waals surface area contributed by atoms with Crippen LogP contribution in [0, 0.1) is 6.92 Å². The maximum atomic E-state index is 11.8. The monoisotopic (exact) mass is 310 g/mol. The van der Waals surface area contributed by atoms with Gasteiger partial charge >= 0.3 is 0 Å². The van der Waals surface area contributed by atoms with Crippen LogP contribution in [0.4, 0.5) is 0 Å². The summed E-state index contributed by atoms with van der Waals surface area (Å²) in [6.45, 7) is 5.54. The molecule has 0 aliphatic carbocycles. The zero-order valence-corrected chi connectivity index (χ0v) is 13.4. The van der Waals surface area contributed by atoms with Gasteiger partial charge in [0, 0.05) is 17.0 Å². The van der Waals surface area contributed by atoms with Crippen LogP contribution in [0.3, 0.4) is 0 Å². The van der Waals surface area contributed by atoms with Crippen LogP contribution in [-0.2, 0) is 16.6 Å². The Morgan fingerprint density at radius 2 is 1.90 bits per heavy atom. The van der Waals surface area contributed by atoms with E-state index in [-0.39, 0.29) is 0 Å². The van der Waals surface area contributed by atoms with Crippen LogP contribution in [0.2, 0.25) is 0 Å². The van der Waals surface area contributed by atoms with E-state index in [2.05, 4.69) is 9.71 Å². The highest BCUT2D eigenvalue weighted by molar-refractivity contribution is 7.90. The first-order valence-electron chi connectivity index (χ1n) is 6.40.